The average Bonchev–Trinajstić information content (AvgIpc) is 3.38. The molecule has 6 nitrogen and oxygen atoms in total. The Morgan fingerprint density at radius 3 is 2.79 bits per heavy atom. The third-order valence-electron chi connectivity index (χ3n) is 5.25. The van der Waals surface area contributed by atoms with Crippen molar-refractivity contribution in [1.29, 1.82) is 0 Å². The van der Waals surface area contributed by atoms with E-state index < -0.39 is 0 Å². The summed E-state index contributed by atoms with van der Waals surface area (Å²) in [7, 11) is 3.71. The lowest BCUT2D eigenvalue weighted by Gasteiger charge is -2.21. The molecule has 0 radical (unpaired) electrons. The molecule has 1 fully saturated rings. The summed E-state index contributed by atoms with van der Waals surface area (Å²) in [5.41, 5.74) is 1.29. The van der Waals surface area contributed by atoms with Crippen molar-refractivity contribution in [2.24, 2.45) is 0 Å². The van der Waals surface area contributed by atoms with E-state index in [1.165, 1.54) is 21.8 Å². The van der Waals surface area contributed by atoms with Crippen molar-refractivity contribution >= 4 is 46.1 Å². The van der Waals surface area contributed by atoms with Gasteiger partial charge in [0, 0.05) is 38.2 Å². The number of fused-ring (bicyclic) bond motifs is 1. The normalized spacial score (nSPS) is 22.3. The van der Waals surface area contributed by atoms with Crippen LogP contribution < -0.4 is 5.32 Å². The monoisotopic (exact) mass is 439 g/mol. The molecule has 4 heterocycles. The van der Waals surface area contributed by atoms with Gasteiger partial charge in [-0.1, -0.05) is 11.6 Å². The maximum atomic E-state index is 13.1. The highest BCUT2D eigenvalue weighted by molar-refractivity contribution is 7.18. The molecule has 2 amide bonds. The number of thiophene rings is 2. The number of hydrogen-bond donors (Lipinski definition) is 1. The summed E-state index contributed by atoms with van der Waals surface area (Å²) < 4.78 is 6.12. The molecule has 0 spiro atoms. The summed E-state index contributed by atoms with van der Waals surface area (Å²) in [6, 6.07) is 5.20. The Morgan fingerprint density at radius 1 is 1.25 bits per heavy atom. The Balaban J connectivity index is 1.44. The summed E-state index contributed by atoms with van der Waals surface area (Å²) in [5.74, 6) is -0.173. The first-order valence-electron chi connectivity index (χ1n) is 9.13. The number of carbonyl (C=O) groups is 2. The van der Waals surface area contributed by atoms with Crippen molar-refractivity contribution < 1.29 is 14.3 Å². The van der Waals surface area contributed by atoms with Crippen LogP contribution in [0.4, 0.5) is 0 Å². The fraction of sp³-hybridized carbons (Fsp3) is 0.474. The van der Waals surface area contributed by atoms with Crippen LogP contribution in [0.5, 0.6) is 0 Å². The van der Waals surface area contributed by atoms with Crippen LogP contribution >= 0.6 is 34.3 Å². The summed E-state index contributed by atoms with van der Waals surface area (Å²) in [4.78, 5) is 32.2. The van der Waals surface area contributed by atoms with Gasteiger partial charge in [0.2, 0.25) is 0 Å². The second-order valence-electron chi connectivity index (χ2n) is 7.21. The Hall–Kier alpha value is -1.45. The Morgan fingerprint density at radius 2 is 2.07 bits per heavy atom. The molecule has 0 aliphatic carbocycles. The largest absolute Gasteiger partial charge is 0.377 e. The topological polar surface area (TPSA) is 61.9 Å². The molecule has 2 aromatic rings. The van der Waals surface area contributed by atoms with Crippen LogP contribution in [0.25, 0.3) is 0 Å². The number of carbonyl (C=O) groups excluding carboxylic acids is 2. The lowest BCUT2D eigenvalue weighted by Crippen LogP contribution is -2.43. The van der Waals surface area contributed by atoms with Crippen LogP contribution in [0.3, 0.4) is 0 Å². The molecule has 0 aromatic carbocycles. The number of likely N-dealkylation sites (tertiary alicyclic amines) is 1. The van der Waals surface area contributed by atoms with E-state index in [1.54, 1.807) is 35.5 Å². The zero-order valence-electron chi connectivity index (χ0n) is 15.7. The summed E-state index contributed by atoms with van der Waals surface area (Å²) in [6.07, 6.45) is 0.752. The Labute approximate surface area is 177 Å². The molecule has 2 atom stereocenters. The van der Waals surface area contributed by atoms with E-state index in [4.69, 9.17) is 16.3 Å². The van der Waals surface area contributed by atoms with Crippen LogP contribution in [-0.4, -0.2) is 67.6 Å². The first-order valence-corrected chi connectivity index (χ1v) is 11.1. The van der Waals surface area contributed by atoms with E-state index in [2.05, 4.69) is 17.3 Å². The number of nitrogens with zero attached hydrogens (tertiary/aromatic N) is 2. The van der Waals surface area contributed by atoms with Crippen LogP contribution in [0, 0.1) is 0 Å². The van der Waals surface area contributed by atoms with Crippen molar-refractivity contribution in [2.75, 3.05) is 33.8 Å². The number of rotatable bonds is 4. The standard InChI is InChI=1S/C19H22ClN3O3S2/c1-22-6-5-11-7-15(27-16(11)10-22)19(25)23-8-12(13(9-23)26-2)21-18(24)14-3-4-17(20)28-14/h3-4,7,12-13H,5-6,8-10H2,1-2H3,(H,21,24). The number of nitrogens with one attached hydrogen (secondary N) is 1. The van der Waals surface area contributed by atoms with Gasteiger partial charge in [-0.3, -0.25) is 9.59 Å². The molecule has 2 unspecified atom stereocenters. The van der Waals surface area contributed by atoms with Gasteiger partial charge in [0.1, 0.15) is 0 Å². The van der Waals surface area contributed by atoms with Gasteiger partial charge in [0.25, 0.3) is 11.8 Å². The third-order valence-corrected chi connectivity index (χ3v) is 7.63. The van der Waals surface area contributed by atoms with Gasteiger partial charge in [0.15, 0.2) is 0 Å². The lowest BCUT2D eigenvalue weighted by molar-refractivity contribution is 0.0695. The minimum atomic E-state index is -0.247. The fourth-order valence-corrected chi connectivity index (χ4v) is 5.91. The molecule has 1 N–H and O–H groups in total. The molecule has 150 valence electrons. The molecule has 0 saturated carbocycles. The van der Waals surface area contributed by atoms with E-state index in [0.29, 0.717) is 22.3 Å². The van der Waals surface area contributed by atoms with Crippen molar-refractivity contribution in [3.05, 3.63) is 42.7 Å². The van der Waals surface area contributed by atoms with Crippen molar-refractivity contribution in [1.82, 2.24) is 15.1 Å². The van der Waals surface area contributed by atoms with Gasteiger partial charge >= 0.3 is 0 Å². The third kappa shape index (κ3) is 3.97. The lowest BCUT2D eigenvalue weighted by atomic mass is 10.1. The smallest absolute Gasteiger partial charge is 0.264 e. The minimum absolute atomic E-state index is 0.0139. The average molecular weight is 440 g/mol. The highest BCUT2D eigenvalue weighted by Gasteiger charge is 2.37. The minimum Gasteiger partial charge on any atom is -0.377 e. The summed E-state index contributed by atoms with van der Waals surface area (Å²) in [6.45, 7) is 2.82. The van der Waals surface area contributed by atoms with Crippen molar-refractivity contribution in [3.8, 4) is 0 Å². The maximum absolute atomic E-state index is 13.1. The molecule has 28 heavy (non-hydrogen) atoms. The first kappa shape index (κ1) is 19.8. The van der Waals surface area contributed by atoms with Gasteiger partial charge in [-0.05, 0) is 37.2 Å². The fourth-order valence-electron chi connectivity index (χ4n) is 3.70. The van der Waals surface area contributed by atoms with Gasteiger partial charge < -0.3 is 19.9 Å². The molecule has 2 aliphatic rings. The van der Waals surface area contributed by atoms with Crippen LogP contribution in [0.1, 0.15) is 29.8 Å². The van der Waals surface area contributed by atoms with Gasteiger partial charge in [-0.25, -0.2) is 0 Å². The molecule has 9 heteroatoms. The number of amides is 2. The maximum Gasteiger partial charge on any atom is 0.264 e. The molecule has 4 rings (SSSR count). The SMILES string of the molecule is COC1CN(C(=O)c2cc3c(s2)CN(C)CC3)CC1NC(=O)c1ccc(Cl)s1. The Kier molecular flexibility index (Phi) is 5.76. The highest BCUT2D eigenvalue weighted by Crippen LogP contribution is 2.30. The van der Waals surface area contributed by atoms with Crippen molar-refractivity contribution in [3.63, 3.8) is 0 Å². The zero-order valence-corrected chi connectivity index (χ0v) is 18.1. The molecule has 2 aliphatic heterocycles. The number of likely N-dealkylation sites (N-methyl/N-ethyl adjacent to an activating group) is 1. The van der Waals surface area contributed by atoms with E-state index in [0.717, 1.165) is 24.4 Å². The molecule has 0 bridgehead atoms. The number of methoxy groups -OCH3 is 1. The van der Waals surface area contributed by atoms with E-state index >= 15 is 0 Å². The van der Waals surface area contributed by atoms with E-state index in [1.807, 2.05) is 6.07 Å². The van der Waals surface area contributed by atoms with Gasteiger partial charge in [0.05, 0.1) is 26.2 Å². The predicted molar refractivity (Wildman–Crippen MR) is 112 cm³/mol. The summed E-state index contributed by atoms with van der Waals surface area (Å²) >= 11 is 8.74. The molecular weight excluding hydrogens is 418 g/mol. The van der Waals surface area contributed by atoms with Gasteiger partial charge in [-0.2, -0.15) is 0 Å². The van der Waals surface area contributed by atoms with Crippen LogP contribution in [0.15, 0.2) is 18.2 Å². The zero-order chi connectivity index (χ0) is 19.8. The number of ether oxygens (including phenoxy) is 1. The van der Waals surface area contributed by atoms with Crippen molar-refractivity contribution in [2.45, 2.75) is 25.1 Å². The van der Waals surface area contributed by atoms with E-state index in [9.17, 15) is 9.59 Å². The van der Waals surface area contributed by atoms with E-state index in [-0.39, 0.29) is 24.0 Å². The summed E-state index contributed by atoms with van der Waals surface area (Å²) in [5, 5.41) is 2.99. The Bertz CT molecular complexity index is 897. The number of halogens is 1. The second kappa shape index (κ2) is 8.12. The number of hydrogen-bond acceptors (Lipinski definition) is 6. The first-order chi connectivity index (χ1) is 13.4. The quantitative estimate of drug-likeness (QED) is 0.795. The van der Waals surface area contributed by atoms with Crippen LogP contribution in [0.2, 0.25) is 4.34 Å². The predicted octanol–water partition coefficient (Wildman–Crippen LogP) is 2.72. The molecular formula is C19H22ClN3O3S2. The van der Waals surface area contributed by atoms with Gasteiger partial charge in [-0.15, -0.1) is 22.7 Å². The molecule has 2 aromatic heterocycles. The highest BCUT2D eigenvalue weighted by atomic mass is 35.5. The van der Waals surface area contributed by atoms with Crippen LogP contribution in [-0.2, 0) is 17.7 Å². The second-order valence-corrected chi connectivity index (χ2v) is 10.1. The molecule has 1 saturated heterocycles.